The van der Waals surface area contributed by atoms with Gasteiger partial charge in [-0.15, -0.1) is 0 Å². The second kappa shape index (κ2) is 15.6. The molecule has 1 aromatic rings. The van der Waals surface area contributed by atoms with Crippen molar-refractivity contribution in [2.75, 3.05) is 6.61 Å². The molecule has 3 rings (SSSR count). The summed E-state index contributed by atoms with van der Waals surface area (Å²) in [5.74, 6) is 0.0277. The highest BCUT2D eigenvalue weighted by molar-refractivity contribution is 5.87. The number of hydrogen-bond acceptors (Lipinski definition) is 5. The molecule has 7 heteroatoms. The first-order valence-corrected chi connectivity index (χ1v) is 13.5. The Morgan fingerprint density at radius 2 is 1.89 bits per heavy atom. The van der Waals surface area contributed by atoms with Gasteiger partial charge in [-0.2, -0.15) is 0 Å². The zero-order chi connectivity index (χ0) is 27.3. The van der Waals surface area contributed by atoms with Crippen molar-refractivity contribution >= 4 is 11.9 Å². The number of carboxylic acid groups (broad SMARTS) is 1. The summed E-state index contributed by atoms with van der Waals surface area (Å²) in [4.78, 5) is 21.8. The number of carbonyl (C=O) groups excluding carboxylic acids is 1. The number of aliphatic hydroxyl groups excluding tert-OH is 1. The molecule has 1 saturated carbocycles. The Balaban J connectivity index is 0.000000510. The summed E-state index contributed by atoms with van der Waals surface area (Å²) in [5.41, 5.74) is 1.11. The Bertz CT molecular complexity index is 907. The van der Waals surface area contributed by atoms with Crippen LogP contribution in [0.5, 0.6) is 0 Å². The van der Waals surface area contributed by atoms with Gasteiger partial charge in [0.15, 0.2) is 0 Å². The van der Waals surface area contributed by atoms with Crippen LogP contribution in [0.2, 0.25) is 0 Å². The van der Waals surface area contributed by atoms with Crippen LogP contribution in [0, 0.1) is 11.8 Å². The second-order valence-electron chi connectivity index (χ2n) is 10.8. The van der Waals surface area contributed by atoms with Crippen molar-refractivity contribution in [3.05, 3.63) is 60.1 Å². The minimum Gasteiger partial charge on any atom is -0.475 e. The second-order valence-corrected chi connectivity index (χ2v) is 10.8. The number of hydrogen-bond donors (Lipinski definition) is 3. The van der Waals surface area contributed by atoms with E-state index in [9.17, 15) is 14.7 Å². The van der Waals surface area contributed by atoms with Crippen LogP contribution in [0.4, 0.5) is 0 Å². The maximum absolute atomic E-state index is 11.8. The lowest BCUT2D eigenvalue weighted by Gasteiger charge is -2.39. The molecule has 2 atom stereocenters. The maximum atomic E-state index is 11.8. The van der Waals surface area contributed by atoms with E-state index in [-0.39, 0.29) is 30.0 Å². The number of amides is 1. The highest BCUT2D eigenvalue weighted by Crippen LogP contribution is 2.33. The molecule has 1 saturated heterocycles. The number of furan rings is 1. The van der Waals surface area contributed by atoms with Crippen LogP contribution in [-0.2, 0) is 9.53 Å². The third kappa shape index (κ3) is 12.0. The molecule has 2 heterocycles. The number of carboxylic acids is 1. The van der Waals surface area contributed by atoms with Crippen molar-refractivity contribution < 1.29 is 29.0 Å². The smallest absolute Gasteiger partial charge is 0.371 e. The predicted molar refractivity (Wildman–Crippen MR) is 145 cm³/mol. The quantitative estimate of drug-likeness (QED) is 0.272. The number of carbonyl (C=O) groups is 2. The van der Waals surface area contributed by atoms with Crippen LogP contribution in [0.15, 0.2) is 58.8 Å². The van der Waals surface area contributed by atoms with Gasteiger partial charge in [0.05, 0.1) is 18.0 Å². The van der Waals surface area contributed by atoms with Gasteiger partial charge >= 0.3 is 5.97 Å². The summed E-state index contributed by atoms with van der Waals surface area (Å²) in [6, 6.07) is 3.25. The number of ether oxygens (including phenoxy) is 1. The molecule has 1 amide bonds. The molecule has 2 fully saturated rings. The van der Waals surface area contributed by atoms with Crippen LogP contribution in [-0.4, -0.2) is 46.4 Å². The molecule has 1 aliphatic heterocycles. The van der Waals surface area contributed by atoms with E-state index < -0.39 is 5.97 Å². The average Bonchev–Trinajstić information content (AvgIpc) is 3.41. The van der Waals surface area contributed by atoms with Gasteiger partial charge in [-0.25, -0.2) is 4.79 Å². The average molecular weight is 516 g/mol. The first-order valence-electron chi connectivity index (χ1n) is 13.5. The summed E-state index contributed by atoms with van der Waals surface area (Å²) in [6.07, 6.45) is 19.9. The van der Waals surface area contributed by atoms with E-state index >= 15 is 0 Å². The third-order valence-corrected chi connectivity index (χ3v) is 6.85. The fraction of sp³-hybridized carbons (Fsp3) is 0.600. The lowest BCUT2D eigenvalue weighted by atomic mass is 9.83. The molecule has 0 radical (unpaired) electrons. The maximum Gasteiger partial charge on any atom is 0.371 e. The molecule has 0 aromatic carbocycles. The minimum atomic E-state index is -1.03. The van der Waals surface area contributed by atoms with E-state index in [1.54, 1.807) is 6.08 Å². The Morgan fingerprint density at radius 1 is 1.16 bits per heavy atom. The zero-order valence-electron chi connectivity index (χ0n) is 22.8. The van der Waals surface area contributed by atoms with Gasteiger partial charge in [-0.05, 0) is 102 Å². The van der Waals surface area contributed by atoms with Gasteiger partial charge in [0.2, 0.25) is 11.7 Å². The Kier molecular flexibility index (Phi) is 12.9. The van der Waals surface area contributed by atoms with Gasteiger partial charge in [0, 0.05) is 12.6 Å². The van der Waals surface area contributed by atoms with Crippen LogP contribution < -0.4 is 5.32 Å². The number of aliphatic hydroxyl groups is 1. The Morgan fingerprint density at radius 3 is 2.46 bits per heavy atom. The monoisotopic (exact) mass is 515 g/mol. The number of rotatable bonds is 9. The summed E-state index contributed by atoms with van der Waals surface area (Å²) in [5, 5.41) is 20.8. The highest BCUT2D eigenvalue weighted by Gasteiger charge is 2.33. The first-order chi connectivity index (χ1) is 17.6. The van der Waals surface area contributed by atoms with Crippen molar-refractivity contribution in [2.45, 2.75) is 96.8 Å². The SMILES string of the molecule is CC/C=C\C(=O)NC1CCC(C/C=C(C)/C=C/[C@@H]2CC(CO)CC(C)(C)O2)CC1.O=C(O)c1ccco1. The summed E-state index contributed by atoms with van der Waals surface area (Å²) >= 11 is 0. The van der Waals surface area contributed by atoms with Gasteiger partial charge in [0.1, 0.15) is 0 Å². The standard InChI is InChI=1S/C25H41NO3.C5H4O3/c1-5-6-7-24(28)26-22-13-11-20(12-14-22)10-8-19(2)9-15-23-16-21(18-27)17-25(3,4)29-23;6-5(7)4-2-1-3-8-4/h6-9,15,20-23,27H,5,10-14,16-18H2,1-4H3,(H,26,28);1-3H,(H,6,7)/b7-6-,15-9+,19-8+;/t20?,21?,22?,23-;/m1./s1. The fourth-order valence-electron chi connectivity index (χ4n) is 4.97. The molecule has 1 unspecified atom stereocenters. The third-order valence-electron chi connectivity index (χ3n) is 6.85. The fourth-order valence-corrected chi connectivity index (χ4v) is 4.97. The van der Waals surface area contributed by atoms with Crippen LogP contribution >= 0.6 is 0 Å². The van der Waals surface area contributed by atoms with E-state index in [1.807, 2.05) is 13.0 Å². The number of allylic oxidation sites excluding steroid dienone is 4. The number of aromatic carboxylic acids is 1. The molecule has 0 bridgehead atoms. The lowest BCUT2D eigenvalue weighted by molar-refractivity contribution is -0.117. The predicted octanol–water partition coefficient (Wildman–Crippen LogP) is 6.06. The highest BCUT2D eigenvalue weighted by atomic mass is 16.5. The lowest BCUT2D eigenvalue weighted by Crippen LogP contribution is -2.39. The summed E-state index contributed by atoms with van der Waals surface area (Å²) < 4.78 is 10.6. The molecule has 3 N–H and O–H groups in total. The van der Waals surface area contributed by atoms with Gasteiger partial charge in [-0.3, -0.25) is 4.79 Å². The minimum absolute atomic E-state index is 0.0231. The zero-order valence-corrected chi connectivity index (χ0v) is 22.8. The van der Waals surface area contributed by atoms with Gasteiger partial charge in [-0.1, -0.05) is 36.8 Å². The molecule has 0 spiro atoms. The van der Waals surface area contributed by atoms with Crippen LogP contribution in [0.1, 0.15) is 89.6 Å². The largest absolute Gasteiger partial charge is 0.475 e. The first kappa shape index (κ1) is 30.6. The van der Waals surface area contributed by atoms with E-state index in [0.717, 1.165) is 38.5 Å². The molecular weight excluding hydrogens is 470 g/mol. The van der Waals surface area contributed by atoms with Crippen molar-refractivity contribution in [1.82, 2.24) is 5.32 Å². The normalized spacial score (nSPS) is 26.0. The van der Waals surface area contributed by atoms with Crippen molar-refractivity contribution in [2.24, 2.45) is 11.8 Å². The topological polar surface area (TPSA) is 109 Å². The van der Waals surface area contributed by atoms with Crippen LogP contribution in [0.3, 0.4) is 0 Å². The molecule has 206 valence electrons. The van der Waals surface area contributed by atoms with E-state index in [0.29, 0.717) is 17.9 Å². The Labute approximate surface area is 221 Å². The molecule has 2 aliphatic rings. The van der Waals surface area contributed by atoms with E-state index in [4.69, 9.17) is 9.84 Å². The number of nitrogens with one attached hydrogen (secondary N) is 1. The molecule has 1 aliphatic carbocycles. The molecule has 37 heavy (non-hydrogen) atoms. The van der Waals surface area contributed by atoms with Crippen molar-refractivity contribution in [3.63, 3.8) is 0 Å². The molecular formula is C30H45NO6. The van der Waals surface area contributed by atoms with Crippen molar-refractivity contribution in [1.29, 1.82) is 0 Å². The van der Waals surface area contributed by atoms with Gasteiger partial charge in [0.25, 0.3) is 0 Å². The van der Waals surface area contributed by atoms with E-state index in [1.165, 1.54) is 36.8 Å². The Hall–Kier alpha value is -2.64. The van der Waals surface area contributed by atoms with Gasteiger partial charge < -0.3 is 24.7 Å². The summed E-state index contributed by atoms with van der Waals surface area (Å²) in [6.45, 7) is 8.65. The van der Waals surface area contributed by atoms with E-state index in [2.05, 4.69) is 48.7 Å². The van der Waals surface area contributed by atoms with Crippen molar-refractivity contribution in [3.8, 4) is 0 Å². The molecule has 1 aromatic heterocycles. The summed E-state index contributed by atoms with van der Waals surface area (Å²) in [7, 11) is 0. The van der Waals surface area contributed by atoms with Crippen LogP contribution in [0.25, 0.3) is 0 Å². The molecule has 7 nitrogen and oxygen atoms in total.